The van der Waals surface area contributed by atoms with Crippen molar-refractivity contribution in [1.29, 1.82) is 0 Å². The highest BCUT2D eigenvalue weighted by atomic mass is 16.5. The van der Waals surface area contributed by atoms with Crippen LogP contribution in [0.5, 0.6) is 0 Å². The van der Waals surface area contributed by atoms with Crippen LogP contribution in [0.4, 0.5) is 4.79 Å². The summed E-state index contributed by atoms with van der Waals surface area (Å²) in [6, 6.07) is 0.525. The maximum atomic E-state index is 12.2. The first kappa shape index (κ1) is 17.0. The number of likely N-dealkylation sites (tertiary alicyclic amines) is 1. The molecule has 2 amide bonds. The van der Waals surface area contributed by atoms with Crippen molar-refractivity contribution in [2.75, 3.05) is 32.8 Å². The summed E-state index contributed by atoms with van der Waals surface area (Å²) in [6.45, 7) is 5.14. The van der Waals surface area contributed by atoms with Crippen LogP contribution in [0.1, 0.15) is 44.9 Å². The predicted molar refractivity (Wildman–Crippen MR) is 90.3 cm³/mol. The minimum absolute atomic E-state index is 0.0324. The number of nitrogens with two attached hydrogens (primary N) is 1. The lowest BCUT2D eigenvalue weighted by Crippen LogP contribution is -2.55. The highest BCUT2D eigenvalue weighted by Crippen LogP contribution is 2.18. The van der Waals surface area contributed by atoms with Gasteiger partial charge in [0.1, 0.15) is 0 Å². The molecule has 0 aromatic heterocycles. The Balaban J connectivity index is 1.34. The molecule has 2 saturated heterocycles. The molecular formula is C17H32N4O2. The molecule has 2 heterocycles. The highest BCUT2D eigenvalue weighted by Gasteiger charge is 2.27. The number of carbonyl (C=O) groups is 1. The average Bonchev–Trinajstić information content (AvgIpc) is 3.04. The van der Waals surface area contributed by atoms with Gasteiger partial charge in [0.15, 0.2) is 0 Å². The second-order valence-corrected chi connectivity index (χ2v) is 7.48. The number of hydrogen-bond donors (Lipinski definition) is 3. The summed E-state index contributed by atoms with van der Waals surface area (Å²) >= 11 is 0. The summed E-state index contributed by atoms with van der Waals surface area (Å²) in [6.07, 6.45) is 7.66. The van der Waals surface area contributed by atoms with Gasteiger partial charge in [-0.15, -0.1) is 0 Å². The van der Waals surface area contributed by atoms with Gasteiger partial charge >= 0.3 is 6.03 Å². The lowest BCUT2D eigenvalue weighted by Gasteiger charge is -2.34. The van der Waals surface area contributed by atoms with Gasteiger partial charge in [0.25, 0.3) is 0 Å². The minimum atomic E-state index is -0.0324. The fourth-order valence-corrected chi connectivity index (χ4v) is 4.09. The first-order valence-electron chi connectivity index (χ1n) is 9.33. The van der Waals surface area contributed by atoms with Crippen LogP contribution < -0.4 is 16.4 Å². The number of urea groups is 1. The Kier molecular flexibility index (Phi) is 6.14. The second-order valence-electron chi connectivity index (χ2n) is 7.48. The molecule has 3 fully saturated rings. The second kappa shape index (κ2) is 8.31. The molecule has 1 unspecified atom stereocenters. The minimum Gasteiger partial charge on any atom is -0.381 e. The molecule has 6 heteroatoms. The van der Waals surface area contributed by atoms with Crippen LogP contribution in [-0.2, 0) is 4.74 Å². The topological polar surface area (TPSA) is 79.6 Å². The average molecular weight is 324 g/mol. The van der Waals surface area contributed by atoms with E-state index in [0.717, 1.165) is 58.5 Å². The summed E-state index contributed by atoms with van der Waals surface area (Å²) in [5, 5.41) is 6.22. The van der Waals surface area contributed by atoms with Crippen molar-refractivity contribution in [3.05, 3.63) is 0 Å². The first-order chi connectivity index (χ1) is 11.2. The Morgan fingerprint density at radius 1 is 1.09 bits per heavy atom. The molecule has 1 aliphatic carbocycles. The van der Waals surface area contributed by atoms with E-state index in [1.165, 1.54) is 19.3 Å². The monoisotopic (exact) mass is 324 g/mol. The standard InChI is InChI=1S/C17H32N4O2/c18-15-3-1-2-4-16(15)20-17(22)19-14-5-8-21(9-6-14)11-13-7-10-23-12-13/h13-16H,1-12,18H2,(H2,19,20,22)/t13?,15-,16-/m1/s1. The van der Waals surface area contributed by atoms with Gasteiger partial charge in [-0.05, 0) is 38.0 Å². The quantitative estimate of drug-likeness (QED) is 0.722. The van der Waals surface area contributed by atoms with Gasteiger partial charge < -0.3 is 26.0 Å². The van der Waals surface area contributed by atoms with E-state index in [4.69, 9.17) is 10.5 Å². The summed E-state index contributed by atoms with van der Waals surface area (Å²) in [5.41, 5.74) is 6.10. The fraction of sp³-hybridized carbons (Fsp3) is 0.941. The Morgan fingerprint density at radius 2 is 1.87 bits per heavy atom. The SMILES string of the molecule is N[C@@H]1CCCC[C@H]1NC(=O)NC1CCN(CC2CCOC2)CC1. The largest absolute Gasteiger partial charge is 0.381 e. The van der Waals surface area contributed by atoms with Crippen LogP contribution >= 0.6 is 0 Å². The van der Waals surface area contributed by atoms with Gasteiger partial charge in [-0.2, -0.15) is 0 Å². The number of hydrogen-bond acceptors (Lipinski definition) is 4. The van der Waals surface area contributed by atoms with Crippen molar-refractivity contribution in [3.8, 4) is 0 Å². The van der Waals surface area contributed by atoms with E-state index in [9.17, 15) is 4.79 Å². The highest BCUT2D eigenvalue weighted by molar-refractivity contribution is 5.74. The molecule has 0 aromatic rings. The third kappa shape index (κ3) is 5.06. The summed E-state index contributed by atoms with van der Waals surface area (Å²) in [5.74, 6) is 0.704. The van der Waals surface area contributed by atoms with E-state index in [-0.39, 0.29) is 18.1 Å². The van der Waals surface area contributed by atoms with E-state index < -0.39 is 0 Å². The zero-order valence-electron chi connectivity index (χ0n) is 14.1. The van der Waals surface area contributed by atoms with Crippen LogP contribution in [0.15, 0.2) is 0 Å². The van der Waals surface area contributed by atoms with Crippen molar-refractivity contribution in [1.82, 2.24) is 15.5 Å². The molecule has 132 valence electrons. The summed E-state index contributed by atoms with van der Waals surface area (Å²) in [4.78, 5) is 14.7. The molecule has 6 nitrogen and oxygen atoms in total. The number of rotatable bonds is 4. The van der Waals surface area contributed by atoms with E-state index >= 15 is 0 Å². The smallest absolute Gasteiger partial charge is 0.315 e. The van der Waals surface area contributed by atoms with Gasteiger partial charge in [-0.25, -0.2) is 4.79 Å². The number of amides is 2. The third-order valence-corrected chi connectivity index (χ3v) is 5.60. The van der Waals surface area contributed by atoms with Crippen LogP contribution in [0.3, 0.4) is 0 Å². The molecular weight excluding hydrogens is 292 g/mol. The molecule has 4 N–H and O–H groups in total. The number of piperidine rings is 1. The van der Waals surface area contributed by atoms with Gasteiger partial charge in [0.05, 0.1) is 6.61 Å². The molecule has 2 aliphatic heterocycles. The molecule has 1 saturated carbocycles. The molecule has 3 rings (SSSR count). The van der Waals surface area contributed by atoms with Gasteiger partial charge in [0.2, 0.25) is 0 Å². The summed E-state index contributed by atoms with van der Waals surface area (Å²) in [7, 11) is 0. The maximum absolute atomic E-state index is 12.2. The van der Waals surface area contributed by atoms with Crippen molar-refractivity contribution in [3.63, 3.8) is 0 Å². The predicted octanol–water partition coefficient (Wildman–Crippen LogP) is 1.06. The van der Waals surface area contributed by atoms with Crippen LogP contribution in [-0.4, -0.2) is 61.9 Å². The van der Waals surface area contributed by atoms with E-state index in [1.807, 2.05) is 0 Å². The molecule has 0 aromatic carbocycles. The van der Waals surface area contributed by atoms with Crippen LogP contribution in [0, 0.1) is 5.92 Å². The van der Waals surface area contributed by atoms with E-state index in [0.29, 0.717) is 12.0 Å². The lowest BCUT2D eigenvalue weighted by molar-refractivity contribution is 0.147. The van der Waals surface area contributed by atoms with Crippen LogP contribution in [0.2, 0.25) is 0 Å². The van der Waals surface area contributed by atoms with Crippen molar-refractivity contribution < 1.29 is 9.53 Å². The third-order valence-electron chi connectivity index (χ3n) is 5.60. The molecule has 23 heavy (non-hydrogen) atoms. The van der Waals surface area contributed by atoms with Crippen molar-refractivity contribution >= 4 is 6.03 Å². The lowest BCUT2D eigenvalue weighted by atomic mass is 9.91. The number of nitrogens with one attached hydrogen (secondary N) is 2. The molecule has 3 aliphatic rings. The molecule has 0 radical (unpaired) electrons. The Labute approximate surface area is 139 Å². The van der Waals surface area contributed by atoms with Crippen molar-refractivity contribution in [2.45, 2.75) is 63.1 Å². The van der Waals surface area contributed by atoms with Crippen LogP contribution in [0.25, 0.3) is 0 Å². The van der Waals surface area contributed by atoms with E-state index in [1.54, 1.807) is 0 Å². The zero-order chi connectivity index (χ0) is 16.1. The molecule has 3 atom stereocenters. The summed E-state index contributed by atoms with van der Waals surface area (Å²) < 4.78 is 5.45. The van der Waals surface area contributed by atoms with Gasteiger partial charge in [-0.1, -0.05) is 12.8 Å². The first-order valence-corrected chi connectivity index (χ1v) is 9.33. The maximum Gasteiger partial charge on any atom is 0.315 e. The fourth-order valence-electron chi connectivity index (χ4n) is 4.09. The number of ether oxygens (including phenoxy) is 1. The Morgan fingerprint density at radius 3 is 2.57 bits per heavy atom. The Bertz CT molecular complexity index is 379. The normalized spacial score (nSPS) is 33.5. The number of carbonyl (C=O) groups excluding carboxylic acids is 1. The van der Waals surface area contributed by atoms with Crippen molar-refractivity contribution in [2.24, 2.45) is 11.7 Å². The van der Waals surface area contributed by atoms with Gasteiger partial charge in [0, 0.05) is 44.4 Å². The zero-order valence-corrected chi connectivity index (χ0v) is 14.1. The van der Waals surface area contributed by atoms with Gasteiger partial charge in [-0.3, -0.25) is 0 Å². The Hall–Kier alpha value is -0.850. The van der Waals surface area contributed by atoms with E-state index in [2.05, 4.69) is 15.5 Å². The molecule has 0 spiro atoms. The molecule has 0 bridgehead atoms. The number of nitrogens with zero attached hydrogens (tertiary/aromatic N) is 1.